The molecule has 7 heteroatoms. The second-order valence-corrected chi connectivity index (χ2v) is 6.92. The quantitative estimate of drug-likeness (QED) is 0.647. The SMILES string of the molecule is CNCCCC(=O)Nc1ccc2c(c1)N(C(=O)Cc1cccc(OC)c1)CC2.Cl. The molecule has 0 saturated heterocycles. The van der Waals surface area contributed by atoms with Crippen molar-refractivity contribution in [3.8, 4) is 5.75 Å². The summed E-state index contributed by atoms with van der Waals surface area (Å²) in [6.45, 7) is 1.47. The predicted octanol–water partition coefficient (Wildman–Crippen LogP) is 3.19. The van der Waals surface area contributed by atoms with Crippen LogP contribution in [-0.4, -0.2) is 39.1 Å². The first kappa shape index (κ1) is 22.7. The highest BCUT2D eigenvalue weighted by Crippen LogP contribution is 2.31. The van der Waals surface area contributed by atoms with Crippen molar-refractivity contribution in [2.45, 2.75) is 25.7 Å². The van der Waals surface area contributed by atoms with E-state index in [9.17, 15) is 9.59 Å². The molecular formula is C22H28ClN3O3. The van der Waals surface area contributed by atoms with Crippen molar-refractivity contribution >= 4 is 35.6 Å². The van der Waals surface area contributed by atoms with Gasteiger partial charge in [0.1, 0.15) is 5.75 Å². The molecule has 1 aliphatic heterocycles. The van der Waals surface area contributed by atoms with E-state index in [0.717, 1.165) is 47.6 Å². The summed E-state index contributed by atoms with van der Waals surface area (Å²) in [5.41, 5.74) is 3.68. The molecular weight excluding hydrogens is 390 g/mol. The molecule has 2 aromatic rings. The molecule has 0 aromatic heterocycles. The minimum Gasteiger partial charge on any atom is -0.497 e. The maximum Gasteiger partial charge on any atom is 0.231 e. The first-order valence-corrected chi connectivity index (χ1v) is 9.61. The van der Waals surface area contributed by atoms with Crippen molar-refractivity contribution < 1.29 is 14.3 Å². The average molecular weight is 418 g/mol. The lowest BCUT2D eigenvalue weighted by atomic mass is 10.1. The number of hydrogen-bond acceptors (Lipinski definition) is 4. The van der Waals surface area contributed by atoms with E-state index in [0.29, 0.717) is 19.4 Å². The van der Waals surface area contributed by atoms with Crippen LogP contribution in [0.4, 0.5) is 11.4 Å². The number of ether oxygens (including phenoxy) is 1. The molecule has 2 aromatic carbocycles. The largest absolute Gasteiger partial charge is 0.497 e. The smallest absolute Gasteiger partial charge is 0.231 e. The number of halogens is 1. The van der Waals surface area contributed by atoms with Crippen molar-refractivity contribution in [2.24, 2.45) is 0 Å². The maximum absolute atomic E-state index is 12.9. The van der Waals surface area contributed by atoms with Crippen molar-refractivity contribution in [3.05, 3.63) is 53.6 Å². The van der Waals surface area contributed by atoms with Gasteiger partial charge in [-0.1, -0.05) is 18.2 Å². The Hall–Kier alpha value is -2.57. The molecule has 0 fully saturated rings. The van der Waals surface area contributed by atoms with E-state index < -0.39 is 0 Å². The van der Waals surface area contributed by atoms with Gasteiger partial charge in [0, 0.05) is 24.3 Å². The summed E-state index contributed by atoms with van der Waals surface area (Å²) in [6.07, 6.45) is 2.40. The molecule has 1 aliphatic rings. The van der Waals surface area contributed by atoms with E-state index in [1.54, 1.807) is 7.11 Å². The number of hydrogen-bond donors (Lipinski definition) is 2. The topological polar surface area (TPSA) is 70.7 Å². The third kappa shape index (κ3) is 5.95. The molecule has 0 aliphatic carbocycles. The molecule has 0 radical (unpaired) electrons. The molecule has 29 heavy (non-hydrogen) atoms. The third-order valence-electron chi connectivity index (χ3n) is 4.89. The number of carbonyl (C=O) groups is 2. The van der Waals surface area contributed by atoms with Crippen LogP contribution in [0.1, 0.15) is 24.0 Å². The van der Waals surface area contributed by atoms with Gasteiger partial charge in [0.2, 0.25) is 11.8 Å². The van der Waals surface area contributed by atoms with Gasteiger partial charge in [-0.05, 0) is 61.8 Å². The maximum atomic E-state index is 12.9. The summed E-state index contributed by atoms with van der Waals surface area (Å²) in [5.74, 6) is 0.780. The van der Waals surface area contributed by atoms with Gasteiger partial charge < -0.3 is 20.3 Å². The lowest BCUT2D eigenvalue weighted by Crippen LogP contribution is -2.30. The van der Waals surface area contributed by atoms with Crippen LogP contribution in [0.15, 0.2) is 42.5 Å². The number of fused-ring (bicyclic) bond motifs is 1. The van der Waals surface area contributed by atoms with Crippen LogP contribution in [0.5, 0.6) is 5.75 Å². The number of benzene rings is 2. The normalized spacial score (nSPS) is 12.1. The Morgan fingerprint density at radius 3 is 2.76 bits per heavy atom. The molecule has 0 unspecified atom stereocenters. The van der Waals surface area contributed by atoms with Crippen molar-refractivity contribution in [1.82, 2.24) is 5.32 Å². The van der Waals surface area contributed by atoms with Gasteiger partial charge in [-0.3, -0.25) is 9.59 Å². The molecule has 0 saturated carbocycles. The van der Waals surface area contributed by atoms with Gasteiger partial charge in [-0.25, -0.2) is 0 Å². The standard InChI is InChI=1S/C22H27N3O3.ClH/c1-23-11-4-7-21(26)24-18-9-8-17-10-12-25(20(17)15-18)22(27)14-16-5-3-6-19(13-16)28-2;/h3,5-6,8-9,13,15,23H,4,7,10-12,14H2,1-2H3,(H,24,26);1H. The van der Waals surface area contributed by atoms with E-state index in [1.165, 1.54) is 0 Å². The van der Waals surface area contributed by atoms with E-state index in [4.69, 9.17) is 4.74 Å². The van der Waals surface area contributed by atoms with Gasteiger partial charge >= 0.3 is 0 Å². The van der Waals surface area contributed by atoms with Crippen molar-refractivity contribution in [3.63, 3.8) is 0 Å². The lowest BCUT2D eigenvalue weighted by molar-refractivity contribution is -0.118. The van der Waals surface area contributed by atoms with Crippen LogP contribution in [0, 0.1) is 0 Å². The zero-order valence-corrected chi connectivity index (χ0v) is 17.7. The number of nitrogens with zero attached hydrogens (tertiary/aromatic N) is 1. The average Bonchev–Trinajstić information content (AvgIpc) is 3.11. The number of rotatable bonds is 8. The first-order valence-electron chi connectivity index (χ1n) is 9.61. The van der Waals surface area contributed by atoms with E-state index >= 15 is 0 Å². The molecule has 0 bridgehead atoms. The number of anilines is 2. The molecule has 3 rings (SSSR count). The number of methoxy groups -OCH3 is 1. The van der Waals surface area contributed by atoms with Gasteiger partial charge in [-0.2, -0.15) is 0 Å². The third-order valence-corrected chi connectivity index (χ3v) is 4.89. The van der Waals surface area contributed by atoms with Crippen molar-refractivity contribution in [1.29, 1.82) is 0 Å². The summed E-state index contributed by atoms with van der Waals surface area (Å²) in [4.78, 5) is 26.8. The lowest BCUT2D eigenvalue weighted by Gasteiger charge is -2.18. The number of nitrogens with one attached hydrogen (secondary N) is 2. The summed E-state index contributed by atoms with van der Waals surface area (Å²) < 4.78 is 5.24. The van der Waals surface area contributed by atoms with Gasteiger partial charge in [0.25, 0.3) is 0 Å². The minimum atomic E-state index is -0.0116. The Kier molecular flexibility index (Phi) is 8.49. The fourth-order valence-corrected chi connectivity index (χ4v) is 3.42. The molecule has 156 valence electrons. The van der Waals surface area contributed by atoms with E-state index in [2.05, 4.69) is 10.6 Å². The highest BCUT2D eigenvalue weighted by atomic mass is 35.5. The van der Waals surface area contributed by atoms with Crippen molar-refractivity contribution in [2.75, 3.05) is 37.5 Å². The van der Waals surface area contributed by atoms with Crippen LogP contribution in [0.3, 0.4) is 0 Å². The fourth-order valence-electron chi connectivity index (χ4n) is 3.42. The highest BCUT2D eigenvalue weighted by molar-refractivity contribution is 5.98. The van der Waals surface area contributed by atoms with Crippen LogP contribution >= 0.6 is 12.4 Å². The van der Waals surface area contributed by atoms with Crippen LogP contribution < -0.4 is 20.3 Å². The van der Waals surface area contributed by atoms with Crippen LogP contribution in [0.2, 0.25) is 0 Å². The second kappa shape index (κ2) is 10.8. The van der Waals surface area contributed by atoms with E-state index in [-0.39, 0.29) is 24.2 Å². The summed E-state index contributed by atoms with van der Waals surface area (Å²) in [6, 6.07) is 13.4. The fraction of sp³-hybridized carbons (Fsp3) is 0.364. The Balaban J connectivity index is 0.00000300. The predicted molar refractivity (Wildman–Crippen MR) is 118 cm³/mol. The summed E-state index contributed by atoms with van der Waals surface area (Å²) >= 11 is 0. The molecule has 2 amide bonds. The molecule has 6 nitrogen and oxygen atoms in total. The number of amides is 2. The van der Waals surface area contributed by atoms with E-state index in [1.807, 2.05) is 54.4 Å². The molecule has 0 atom stereocenters. The Labute approximate surface area is 178 Å². The highest BCUT2D eigenvalue weighted by Gasteiger charge is 2.25. The summed E-state index contributed by atoms with van der Waals surface area (Å²) in [5, 5.41) is 5.97. The van der Waals surface area contributed by atoms with Crippen LogP contribution in [-0.2, 0) is 22.4 Å². The van der Waals surface area contributed by atoms with Gasteiger partial charge in [-0.15, -0.1) is 12.4 Å². The van der Waals surface area contributed by atoms with Gasteiger partial charge in [0.05, 0.1) is 13.5 Å². The molecule has 1 heterocycles. The first-order chi connectivity index (χ1) is 13.6. The monoisotopic (exact) mass is 417 g/mol. The second-order valence-electron chi connectivity index (χ2n) is 6.92. The molecule has 0 spiro atoms. The Morgan fingerprint density at radius 2 is 2.00 bits per heavy atom. The van der Waals surface area contributed by atoms with Crippen LogP contribution in [0.25, 0.3) is 0 Å². The Morgan fingerprint density at radius 1 is 1.17 bits per heavy atom. The number of carbonyl (C=O) groups excluding carboxylic acids is 2. The Bertz CT molecular complexity index is 857. The molecule has 2 N–H and O–H groups in total. The summed E-state index contributed by atoms with van der Waals surface area (Å²) in [7, 11) is 3.49. The zero-order chi connectivity index (χ0) is 19.9. The minimum absolute atomic E-state index is 0. The zero-order valence-electron chi connectivity index (χ0n) is 16.9. The van der Waals surface area contributed by atoms with Gasteiger partial charge in [0.15, 0.2) is 0 Å².